The molecule has 5 nitrogen and oxygen atoms in total. The standard InChI is InChI=1S/C17H20FN3O2S/c18-16-6-1-2-7-17(16)20-10-12-21(13-11-20)24(22,23)14-8-15-5-3-4-9-19-15/h1-7,9H,8,10-14H2. The van der Waals surface area contributed by atoms with Gasteiger partial charge < -0.3 is 4.90 Å². The van der Waals surface area contributed by atoms with Crippen molar-refractivity contribution in [1.29, 1.82) is 0 Å². The summed E-state index contributed by atoms with van der Waals surface area (Å²) in [5.41, 5.74) is 1.30. The molecule has 1 saturated heterocycles. The second kappa shape index (κ2) is 7.27. The number of pyridine rings is 1. The number of piperazine rings is 1. The molecule has 0 amide bonds. The molecule has 0 saturated carbocycles. The topological polar surface area (TPSA) is 53.5 Å². The predicted octanol–water partition coefficient (Wildman–Crippen LogP) is 1.92. The average Bonchev–Trinajstić information content (AvgIpc) is 2.62. The molecule has 1 aliphatic heterocycles. The van der Waals surface area contributed by atoms with Crippen molar-refractivity contribution < 1.29 is 12.8 Å². The second-order valence-corrected chi connectivity index (χ2v) is 7.81. The van der Waals surface area contributed by atoms with E-state index in [1.54, 1.807) is 30.5 Å². The fraction of sp³-hybridized carbons (Fsp3) is 0.353. The number of hydrogen-bond donors (Lipinski definition) is 0. The molecule has 0 N–H and O–H groups in total. The van der Waals surface area contributed by atoms with Crippen molar-refractivity contribution in [1.82, 2.24) is 9.29 Å². The quantitative estimate of drug-likeness (QED) is 0.828. The molecule has 0 atom stereocenters. The van der Waals surface area contributed by atoms with Gasteiger partial charge in [0, 0.05) is 44.5 Å². The first kappa shape index (κ1) is 16.9. The van der Waals surface area contributed by atoms with E-state index in [0.29, 0.717) is 38.3 Å². The first-order valence-electron chi connectivity index (χ1n) is 7.93. The van der Waals surface area contributed by atoms with Gasteiger partial charge in [-0.2, -0.15) is 4.31 Å². The fourth-order valence-corrected chi connectivity index (χ4v) is 4.27. The minimum Gasteiger partial charge on any atom is -0.367 e. The van der Waals surface area contributed by atoms with Gasteiger partial charge in [-0.05, 0) is 24.3 Å². The van der Waals surface area contributed by atoms with Crippen LogP contribution in [0.4, 0.5) is 10.1 Å². The van der Waals surface area contributed by atoms with Crippen LogP contribution < -0.4 is 4.90 Å². The summed E-state index contributed by atoms with van der Waals surface area (Å²) in [5.74, 6) is -0.229. The Bertz CT molecular complexity index is 775. The number of aromatic nitrogens is 1. The third kappa shape index (κ3) is 3.91. The maximum atomic E-state index is 13.8. The number of halogens is 1. The minimum atomic E-state index is -3.32. The van der Waals surface area contributed by atoms with Gasteiger partial charge in [-0.25, -0.2) is 12.8 Å². The van der Waals surface area contributed by atoms with E-state index in [0.717, 1.165) is 5.69 Å². The third-order valence-corrected chi connectivity index (χ3v) is 6.04. The molecule has 0 bridgehead atoms. The Labute approximate surface area is 141 Å². The Balaban J connectivity index is 1.58. The number of nitrogens with zero attached hydrogens (tertiary/aromatic N) is 3. The van der Waals surface area contributed by atoms with E-state index in [1.165, 1.54) is 10.4 Å². The van der Waals surface area contributed by atoms with Gasteiger partial charge in [-0.3, -0.25) is 4.98 Å². The van der Waals surface area contributed by atoms with Crippen molar-refractivity contribution in [3.05, 3.63) is 60.2 Å². The van der Waals surface area contributed by atoms with Gasteiger partial charge in [0.2, 0.25) is 10.0 Å². The molecule has 128 valence electrons. The lowest BCUT2D eigenvalue weighted by atomic mass is 10.2. The highest BCUT2D eigenvalue weighted by Gasteiger charge is 2.27. The molecule has 1 aromatic heterocycles. The normalized spacial score (nSPS) is 16.3. The second-order valence-electron chi connectivity index (χ2n) is 5.72. The van der Waals surface area contributed by atoms with E-state index in [9.17, 15) is 12.8 Å². The Morgan fingerprint density at radius 3 is 2.38 bits per heavy atom. The Morgan fingerprint density at radius 1 is 1.00 bits per heavy atom. The van der Waals surface area contributed by atoms with Gasteiger partial charge in [0.05, 0.1) is 11.4 Å². The molecular weight excluding hydrogens is 329 g/mol. The van der Waals surface area contributed by atoms with Gasteiger partial charge in [-0.1, -0.05) is 18.2 Å². The first-order valence-corrected chi connectivity index (χ1v) is 9.54. The maximum absolute atomic E-state index is 13.8. The monoisotopic (exact) mass is 349 g/mol. The Kier molecular flexibility index (Phi) is 5.11. The number of hydrogen-bond acceptors (Lipinski definition) is 4. The average molecular weight is 349 g/mol. The lowest BCUT2D eigenvalue weighted by Gasteiger charge is -2.35. The molecule has 0 unspecified atom stereocenters. The highest BCUT2D eigenvalue weighted by atomic mass is 32.2. The van der Waals surface area contributed by atoms with Crippen LogP contribution in [0.1, 0.15) is 5.69 Å². The SMILES string of the molecule is O=S(=O)(CCc1ccccn1)N1CCN(c2ccccc2F)CC1. The number of benzene rings is 1. The molecule has 2 aromatic rings. The van der Waals surface area contributed by atoms with Crippen LogP contribution in [0.2, 0.25) is 0 Å². The van der Waals surface area contributed by atoms with Gasteiger partial charge in [-0.15, -0.1) is 0 Å². The molecule has 2 heterocycles. The summed E-state index contributed by atoms with van der Waals surface area (Å²) in [6.45, 7) is 1.73. The van der Waals surface area contributed by atoms with Crippen LogP contribution in [0.15, 0.2) is 48.7 Å². The van der Waals surface area contributed by atoms with E-state index in [1.807, 2.05) is 17.0 Å². The van der Waals surface area contributed by atoms with Crippen LogP contribution in [-0.2, 0) is 16.4 Å². The highest BCUT2D eigenvalue weighted by molar-refractivity contribution is 7.89. The van der Waals surface area contributed by atoms with Crippen molar-refractivity contribution in [3.8, 4) is 0 Å². The molecule has 1 fully saturated rings. The zero-order valence-electron chi connectivity index (χ0n) is 13.3. The Morgan fingerprint density at radius 2 is 1.71 bits per heavy atom. The number of anilines is 1. The van der Waals surface area contributed by atoms with Gasteiger partial charge >= 0.3 is 0 Å². The fourth-order valence-electron chi connectivity index (χ4n) is 2.82. The summed E-state index contributed by atoms with van der Waals surface area (Å²) in [7, 11) is -3.32. The molecule has 0 aliphatic carbocycles. The number of aryl methyl sites for hydroxylation is 1. The van der Waals surface area contributed by atoms with Gasteiger partial charge in [0.25, 0.3) is 0 Å². The summed E-state index contributed by atoms with van der Waals surface area (Å²) in [5, 5.41) is 0. The van der Waals surface area contributed by atoms with Crippen LogP contribution in [0.25, 0.3) is 0 Å². The predicted molar refractivity (Wildman–Crippen MR) is 91.9 cm³/mol. The molecule has 0 spiro atoms. The number of sulfonamides is 1. The maximum Gasteiger partial charge on any atom is 0.214 e. The lowest BCUT2D eigenvalue weighted by Crippen LogP contribution is -2.49. The summed E-state index contributed by atoms with van der Waals surface area (Å²) in [4.78, 5) is 6.04. The van der Waals surface area contributed by atoms with E-state index in [2.05, 4.69) is 4.98 Å². The first-order chi connectivity index (χ1) is 11.6. The van der Waals surface area contributed by atoms with E-state index < -0.39 is 10.0 Å². The molecule has 0 radical (unpaired) electrons. The van der Waals surface area contributed by atoms with Gasteiger partial charge in [0.15, 0.2) is 0 Å². The van der Waals surface area contributed by atoms with E-state index in [4.69, 9.17) is 0 Å². The van der Waals surface area contributed by atoms with Crippen LogP contribution >= 0.6 is 0 Å². The zero-order chi connectivity index (χ0) is 17.0. The summed E-state index contributed by atoms with van der Waals surface area (Å²) in [6.07, 6.45) is 2.06. The minimum absolute atomic E-state index is 0.0453. The molecular formula is C17H20FN3O2S. The van der Waals surface area contributed by atoms with Crippen molar-refractivity contribution in [2.24, 2.45) is 0 Å². The van der Waals surface area contributed by atoms with Crippen molar-refractivity contribution in [2.75, 3.05) is 36.8 Å². The molecule has 1 aliphatic rings. The van der Waals surface area contributed by atoms with Crippen LogP contribution in [-0.4, -0.2) is 49.6 Å². The van der Waals surface area contributed by atoms with Crippen molar-refractivity contribution in [3.63, 3.8) is 0 Å². The Hall–Kier alpha value is -1.99. The molecule has 24 heavy (non-hydrogen) atoms. The third-order valence-electron chi connectivity index (χ3n) is 4.17. The summed E-state index contributed by atoms with van der Waals surface area (Å²) in [6, 6.07) is 12.1. The summed E-state index contributed by atoms with van der Waals surface area (Å²) < 4.78 is 40.3. The summed E-state index contributed by atoms with van der Waals surface area (Å²) >= 11 is 0. The molecule has 7 heteroatoms. The highest BCUT2D eigenvalue weighted by Crippen LogP contribution is 2.21. The molecule has 3 rings (SSSR count). The number of rotatable bonds is 5. The van der Waals surface area contributed by atoms with Crippen LogP contribution in [0.5, 0.6) is 0 Å². The number of para-hydroxylation sites is 1. The molecule has 1 aromatic carbocycles. The van der Waals surface area contributed by atoms with Crippen molar-refractivity contribution >= 4 is 15.7 Å². The van der Waals surface area contributed by atoms with Gasteiger partial charge in [0.1, 0.15) is 5.82 Å². The zero-order valence-corrected chi connectivity index (χ0v) is 14.1. The smallest absolute Gasteiger partial charge is 0.214 e. The lowest BCUT2D eigenvalue weighted by molar-refractivity contribution is 0.383. The van der Waals surface area contributed by atoms with E-state index >= 15 is 0 Å². The van der Waals surface area contributed by atoms with Crippen LogP contribution in [0, 0.1) is 5.82 Å². The van der Waals surface area contributed by atoms with Crippen LogP contribution in [0.3, 0.4) is 0 Å². The largest absolute Gasteiger partial charge is 0.367 e. The van der Waals surface area contributed by atoms with E-state index in [-0.39, 0.29) is 11.6 Å². The van der Waals surface area contributed by atoms with Crippen molar-refractivity contribution in [2.45, 2.75) is 6.42 Å².